The molecule has 0 aromatic heterocycles. The van der Waals surface area contributed by atoms with E-state index in [4.69, 9.17) is 11.6 Å². The van der Waals surface area contributed by atoms with Crippen molar-refractivity contribution in [2.45, 2.75) is 52.6 Å². The minimum Gasteiger partial charge on any atom is -0.369 e. The standard InChI is InChI=1S/C17H27ClN2/c1-5-19-14(4)16-7-6-15(11-17(16)18)20-9-8-12(2)10-13(20)3/h6-7,11-14,19H,5,8-10H2,1-4H3. The molecule has 0 spiro atoms. The molecule has 1 aliphatic heterocycles. The van der Waals surface area contributed by atoms with Crippen molar-refractivity contribution in [3.05, 3.63) is 28.8 Å². The lowest BCUT2D eigenvalue weighted by atomic mass is 9.93. The fourth-order valence-electron chi connectivity index (χ4n) is 3.25. The second kappa shape index (κ2) is 6.82. The summed E-state index contributed by atoms with van der Waals surface area (Å²) in [6, 6.07) is 7.45. The summed E-state index contributed by atoms with van der Waals surface area (Å²) in [5, 5.41) is 4.29. The second-order valence-corrected chi connectivity index (χ2v) is 6.56. The lowest BCUT2D eigenvalue weighted by molar-refractivity contribution is 0.378. The zero-order valence-electron chi connectivity index (χ0n) is 13.1. The molecule has 2 rings (SSSR count). The Kier molecular flexibility index (Phi) is 5.34. The maximum Gasteiger partial charge on any atom is 0.0474 e. The Bertz CT molecular complexity index is 447. The highest BCUT2D eigenvalue weighted by Crippen LogP contribution is 2.32. The summed E-state index contributed by atoms with van der Waals surface area (Å²) in [5.41, 5.74) is 2.46. The lowest BCUT2D eigenvalue weighted by Gasteiger charge is -2.38. The van der Waals surface area contributed by atoms with E-state index < -0.39 is 0 Å². The third-order valence-corrected chi connectivity index (χ3v) is 4.76. The molecule has 3 heteroatoms. The van der Waals surface area contributed by atoms with Crippen LogP contribution in [0.4, 0.5) is 5.69 Å². The predicted molar refractivity (Wildman–Crippen MR) is 88.7 cm³/mol. The van der Waals surface area contributed by atoms with Gasteiger partial charge in [-0.3, -0.25) is 0 Å². The highest BCUT2D eigenvalue weighted by Gasteiger charge is 2.23. The van der Waals surface area contributed by atoms with E-state index in [0.717, 1.165) is 24.0 Å². The Labute approximate surface area is 128 Å². The Balaban J connectivity index is 2.16. The fraction of sp³-hybridized carbons (Fsp3) is 0.647. The van der Waals surface area contributed by atoms with Gasteiger partial charge in [-0.25, -0.2) is 0 Å². The highest BCUT2D eigenvalue weighted by atomic mass is 35.5. The molecule has 0 amide bonds. The number of hydrogen-bond acceptors (Lipinski definition) is 2. The van der Waals surface area contributed by atoms with Crippen molar-refractivity contribution in [2.75, 3.05) is 18.0 Å². The predicted octanol–water partition coefficient (Wildman–Crippen LogP) is 4.64. The van der Waals surface area contributed by atoms with Crippen molar-refractivity contribution in [3.8, 4) is 0 Å². The van der Waals surface area contributed by atoms with Crippen LogP contribution in [-0.4, -0.2) is 19.1 Å². The van der Waals surface area contributed by atoms with Crippen molar-refractivity contribution in [3.63, 3.8) is 0 Å². The van der Waals surface area contributed by atoms with Crippen LogP contribution >= 0.6 is 11.6 Å². The summed E-state index contributed by atoms with van der Waals surface area (Å²) in [7, 11) is 0. The van der Waals surface area contributed by atoms with E-state index in [1.54, 1.807) is 0 Å². The van der Waals surface area contributed by atoms with Crippen LogP contribution in [0.1, 0.15) is 52.1 Å². The maximum atomic E-state index is 6.49. The molecule has 1 N–H and O–H groups in total. The minimum atomic E-state index is 0.306. The molecule has 0 saturated carbocycles. The van der Waals surface area contributed by atoms with Gasteiger partial charge in [0.1, 0.15) is 0 Å². The van der Waals surface area contributed by atoms with Gasteiger partial charge >= 0.3 is 0 Å². The Morgan fingerprint density at radius 1 is 1.40 bits per heavy atom. The average Bonchev–Trinajstić information content (AvgIpc) is 2.38. The quantitative estimate of drug-likeness (QED) is 0.870. The van der Waals surface area contributed by atoms with Gasteiger partial charge in [-0.1, -0.05) is 31.5 Å². The van der Waals surface area contributed by atoms with Crippen molar-refractivity contribution < 1.29 is 0 Å². The summed E-state index contributed by atoms with van der Waals surface area (Å²) < 4.78 is 0. The Morgan fingerprint density at radius 3 is 2.75 bits per heavy atom. The van der Waals surface area contributed by atoms with Crippen molar-refractivity contribution >= 4 is 17.3 Å². The molecule has 1 aromatic carbocycles. The van der Waals surface area contributed by atoms with Crippen molar-refractivity contribution in [1.29, 1.82) is 0 Å². The summed E-state index contributed by atoms with van der Waals surface area (Å²) in [5.74, 6) is 0.838. The molecule has 3 unspecified atom stereocenters. The van der Waals surface area contributed by atoms with Crippen molar-refractivity contribution in [2.24, 2.45) is 5.92 Å². The number of anilines is 1. The molecule has 0 bridgehead atoms. The number of rotatable bonds is 4. The summed E-state index contributed by atoms with van der Waals surface area (Å²) in [6.45, 7) is 11.0. The summed E-state index contributed by atoms with van der Waals surface area (Å²) >= 11 is 6.49. The number of nitrogens with zero attached hydrogens (tertiary/aromatic N) is 1. The van der Waals surface area contributed by atoms with Crippen LogP contribution in [0.25, 0.3) is 0 Å². The molecule has 0 aliphatic carbocycles. The lowest BCUT2D eigenvalue weighted by Crippen LogP contribution is -2.40. The van der Waals surface area contributed by atoms with E-state index in [1.807, 2.05) is 0 Å². The van der Waals surface area contributed by atoms with E-state index in [0.29, 0.717) is 12.1 Å². The van der Waals surface area contributed by atoms with E-state index in [9.17, 15) is 0 Å². The van der Waals surface area contributed by atoms with Crippen LogP contribution < -0.4 is 10.2 Å². The number of halogens is 1. The van der Waals surface area contributed by atoms with Gasteiger partial charge in [0, 0.05) is 29.3 Å². The third-order valence-electron chi connectivity index (χ3n) is 4.43. The van der Waals surface area contributed by atoms with Crippen LogP contribution in [0.5, 0.6) is 0 Å². The molecule has 1 aliphatic rings. The second-order valence-electron chi connectivity index (χ2n) is 6.16. The number of benzene rings is 1. The monoisotopic (exact) mass is 294 g/mol. The van der Waals surface area contributed by atoms with E-state index in [2.05, 4.69) is 56.1 Å². The van der Waals surface area contributed by atoms with Gasteiger partial charge in [0.05, 0.1) is 0 Å². The largest absolute Gasteiger partial charge is 0.369 e. The molecular weight excluding hydrogens is 268 g/mol. The van der Waals surface area contributed by atoms with Crippen LogP contribution in [0.3, 0.4) is 0 Å². The Morgan fingerprint density at radius 2 is 2.15 bits per heavy atom. The van der Waals surface area contributed by atoms with Crippen LogP contribution in [0.15, 0.2) is 18.2 Å². The van der Waals surface area contributed by atoms with E-state index >= 15 is 0 Å². The average molecular weight is 295 g/mol. The van der Waals surface area contributed by atoms with Gasteiger partial charge in [0.15, 0.2) is 0 Å². The SMILES string of the molecule is CCNC(C)c1ccc(N2CCC(C)CC2C)cc1Cl. The smallest absolute Gasteiger partial charge is 0.0474 e. The molecule has 1 aromatic rings. The number of hydrogen-bond donors (Lipinski definition) is 1. The third kappa shape index (κ3) is 3.48. The molecule has 1 fully saturated rings. The van der Waals surface area contributed by atoms with Gasteiger partial charge in [-0.05, 0) is 56.8 Å². The first-order chi connectivity index (χ1) is 9.52. The van der Waals surface area contributed by atoms with Gasteiger partial charge in [0.2, 0.25) is 0 Å². The first-order valence-corrected chi connectivity index (χ1v) is 8.20. The molecule has 0 radical (unpaired) electrons. The molecule has 3 atom stereocenters. The molecule has 1 heterocycles. The summed E-state index contributed by atoms with van der Waals surface area (Å²) in [4.78, 5) is 2.49. The van der Waals surface area contributed by atoms with E-state index in [-0.39, 0.29) is 0 Å². The normalized spacial score (nSPS) is 24.8. The van der Waals surface area contributed by atoms with Crippen molar-refractivity contribution in [1.82, 2.24) is 5.32 Å². The molecule has 20 heavy (non-hydrogen) atoms. The summed E-state index contributed by atoms with van der Waals surface area (Å²) in [6.07, 6.45) is 2.55. The topological polar surface area (TPSA) is 15.3 Å². The Hall–Kier alpha value is -0.730. The number of nitrogens with one attached hydrogen (secondary N) is 1. The van der Waals surface area contributed by atoms with Crippen LogP contribution in [0.2, 0.25) is 5.02 Å². The van der Waals surface area contributed by atoms with E-state index in [1.165, 1.54) is 24.1 Å². The van der Waals surface area contributed by atoms with Gasteiger partial charge < -0.3 is 10.2 Å². The zero-order chi connectivity index (χ0) is 14.7. The van der Waals surface area contributed by atoms with Crippen LogP contribution in [0, 0.1) is 5.92 Å². The number of piperidine rings is 1. The zero-order valence-corrected chi connectivity index (χ0v) is 13.9. The fourth-order valence-corrected chi connectivity index (χ4v) is 3.59. The van der Waals surface area contributed by atoms with Gasteiger partial charge in [0.25, 0.3) is 0 Å². The van der Waals surface area contributed by atoms with Crippen LogP contribution in [-0.2, 0) is 0 Å². The van der Waals surface area contributed by atoms with Gasteiger partial charge in [-0.15, -0.1) is 0 Å². The molecule has 1 saturated heterocycles. The molecule has 112 valence electrons. The first-order valence-electron chi connectivity index (χ1n) is 7.82. The highest BCUT2D eigenvalue weighted by molar-refractivity contribution is 6.31. The maximum absolute atomic E-state index is 6.49. The molecule has 2 nitrogen and oxygen atoms in total. The molecular formula is C17H27ClN2. The minimum absolute atomic E-state index is 0.306. The first kappa shape index (κ1) is 15.7. The van der Waals surface area contributed by atoms with Gasteiger partial charge in [-0.2, -0.15) is 0 Å².